The zero-order valence-electron chi connectivity index (χ0n) is 10.9. The Morgan fingerprint density at radius 2 is 1.88 bits per heavy atom. The van der Waals surface area contributed by atoms with Crippen molar-refractivity contribution in [1.29, 1.82) is 0 Å². The molecule has 1 aromatic rings. The monoisotopic (exact) mass is 255 g/mol. The van der Waals surface area contributed by atoms with Crippen LogP contribution in [0.1, 0.15) is 39.7 Å². The average Bonchev–Trinajstić information content (AvgIpc) is 2.29. The first kappa shape index (κ1) is 14.0. The van der Waals surface area contributed by atoms with E-state index in [1.54, 1.807) is 13.0 Å². The zero-order chi connectivity index (χ0) is 13.1. The fourth-order valence-electron chi connectivity index (χ4n) is 1.46. The van der Waals surface area contributed by atoms with Gasteiger partial charge in [-0.1, -0.05) is 32.9 Å². The maximum Gasteiger partial charge on any atom is 0.232 e. The van der Waals surface area contributed by atoms with Crippen LogP contribution in [0.3, 0.4) is 0 Å². The molecule has 0 saturated carbocycles. The van der Waals surface area contributed by atoms with Gasteiger partial charge < -0.3 is 0 Å². The Morgan fingerprint density at radius 1 is 1.24 bits per heavy atom. The topological polar surface area (TPSA) is 46.2 Å². The van der Waals surface area contributed by atoms with Crippen LogP contribution in [0, 0.1) is 0 Å². The van der Waals surface area contributed by atoms with Gasteiger partial charge in [-0.15, -0.1) is 0 Å². The molecule has 0 amide bonds. The van der Waals surface area contributed by atoms with Gasteiger partial charge in [0, 0.05) is 5.69 Å². The number of rotatable bonds is 5. The molecule has 0 atom stereocenters. The van der Waals surface area contributed by atoms with Crippen LogP contribution in [-0.2, 0) is 15.4 Å². The third kappa shape index (κ3) is 3.73. The highest BCUT2D eigenvalue weighted by atomic mass is 32.2. The summed E-state index contributed by atoms with van der Waals surface area (Å²) >= 11 is 0. The van der Waals surface area contributed by atoms with Gasteiger partial charge in [0.2, 0.25) is 10.0 Å². The van der Waals surface area contributed by atoms with Crippen molar-refractivity contribution in [3.8, 4) is 0 Å². The second-order valence-corrected chi connectivity index (χ2v) is 6.83. The maximum atomic E-state index is 11.5. The Kier molecular flexibility index (Phi) is 4.20. The van der Waals surface area contributed by atoms with E-state index in [1.807, 2.05) is 18.2 Å². The van der Waals surface area contributed by atoms with Crippen molar-refractivity contribution in [2.45, 2.75) is 39.5 Å². The minimum absolute atomic E-state index is 0.0632. The highest BCUT2D eigenvalue weighted by Crippen LogP contribution is 2.28. The van der Waals surface area contributed by atoms with E-state index in [-0.39, 0.29) is 11.2 Å². The number of anilines is 1. The number of hydrogen-bond acceptors (Lipinski definition) is 2. The molecule has 96 valence electrons. The molecule has 0 unspecified atom stereocenters. The number of nitrogens with one attached hydrogen (secondary N) is 1. The minimum atomic E-state index is -3.19. The van der Waals surface area contributed by atoms with Gasteiger partial charge in [0.05, 0.1) is 5.75 Å². The van der Waals surface area contributed by atoms with Crippen LogP contribution in [0.2, 0.25) is 0 Å². The fourth-order valence-corrected chi connectivity index (χ4v) is 2.09. The normalized spacial score (nSPS) is 12.5. The van der Waals surface area contributed by atoms with E-state index in [0.717, 1.165) is 12.0 Å². The first-order valence-corrected chi connectivity index (χ1v) is 7.57. The zero-order valence-corrected chi connectivity index (χ0v) is 11.8. The van der Waals surface area contributed by atoms with Gasteiger partial charge in [0.1, 0.15) is 0 Å². The van der Waals surface area contributed by atoms with Gasteiger partial charge in [-0.05, 0) is 36.5 Å². The summed E-state index contributed by atoms with van der Waals surface area (Å²) in [6, 6.07) is 7.62. The van der Waals surface area contributed by atoms with Crippen LogP contribution in [0.15, 0.2) is 24.3 Å². The Labute approximate surface area is 104 Å². The van der Waals surface area contributed by atoms with Crippen LogP contribution in [0.5, 0.6) is 0 Å². The first-order valence-electron chi connectivity index (χ1n) is 5.92. The van der Waals surface area contributed by atoms with Crippen molar-refractivity contribution >= 4 is 15.7 Å². The Balaban J connectivity index is 3.03. The molecular weight excluding hydrogens is 234 g/mol. The van der Waals surface area contributed by atoms with Gasteiger partial charge >= 0.3 is 0 Å². The Bertz CT molecular complexity index is 478. The van der Waals surface area contributed by atoms with Gasteiger partial charge in [-0.3, -0.25) is 4.72 Å². The van der Waals surface area contributed by atoms with E-state index in [0.29, 0.717) is 5.69 Å². The fraction of sp³-hybridized carbons (Fsp3) is 0.538. The van der Waals surface area contributed by atoms with Crippen molar-refractivity contribution in [3.63, 3.8) is 0 Å². The van der Waals surface area contributed by atoms with Crippen molar-refractivity contribution in [2.24, 2.45) is 0 Å². The van der Waals surface area contributed by atoms with Crippen LogP contribution in [-0.4, -0.2) is 14.2 Å². The van der Waals surface area contributed by atoms with Crippen LogP contribution in [0.4, 0.5) is 5.69 Å². The summed E-state index contributed by atoms with van der Waals surface area (Å²) in [6.45, 7) is 8.06. The summed E-state index contributed by atoms with van der Waals surface area (Å²) in [5.41, 5.74) is 1.86. The lowest BCUT2D eigenvalue weighted by molar-refractivity contribution is 0.506. The van der Waals surface area contributed by atoms with Crippen molar-refractivity contribution < 1.29 is 8.42 Å². The van der Waals surface area contributed by atoms with E-state index in [1.165, 1.54) is 0 Å². The number of benzene rings is 1. The summed E-state index contributed by atoms with van der Waals surface area (Å²) in [6.07, 6.45) is 1.01. The second-order valence-electron chi connectivity index (χ2n) is 4.82. The predicted octanol–water partition coefficient (Wildman–Crippen LogP) is 3.14. The van der Waals surface area contributed by atoms with Crippen molar-refractivity contribution in [2.75, 3.05) is 10.5 Å². The Morgan fingerprint density at radius 3 is 2.41 bits per heavy atom. The molecule has 1 rings (SSSR count). The molecule has 0 aliphatic rings. The Hall–Kier alpha value is -1.03. The molecule has 0 spiro atoms. The van der Waals surface area contributed by atoms with Gasteiger partial charge in [0.25, 0.3) is 0 Å². The summed E-state index contributed by atoms with van der Waals surface area (Å²) < 4.78 is 25.6. The summed E-state index contributed by atoms with van der Waals surface area (Å²) in [4.78, 5) is 0. The summed E-state index contributed by atoms with van der Waals surface area (Å²) in [5, 5.41) is 0. The van der Waals surface area contributed by atoms with Crippen LogP contribution >= 0.6 is 0 Å². The number of sulfonamides is 1. The second kappa shape index (κ2) is 5.08. The standard InChI is InChI=1S/C13H21NO2S/c1-5-13(3,4)11-8-7-9-12(10-11)14-17(15,16)6-2/h7-10,14H,5-6H2,1-4H3. The van der Waals surface area contributed by atoms with Gasteiger partial charge in [-0.2, -0.15) is 0 Å². The third-order valence-electron chi connectivity index (χ3n) is 3.18. The summed E-state index contributed by atoms with van der Waals surface area (Å²) in [5.74, 6) is 0.0917. The molecule has 0 fully saturated rings. The van der Waals surface area contributed by atoms with Crippen molar-refractivity contribution in [3.05, 3.63) is 29.8 Å². The number of hydrogen-bond donors (Lipinski definition) is 1. The molecule has 0 aliphatic carbocycles. The van der Waals surface area contributed by atoms with E-state index < -0.39 is 10.0 Å². The minimum Gasteiger partial charge on any atom is -0.284 e. The molecule has 0 radical (unpaired) electrons. The molecule has 0 heterocycles. The molecule has 0 aliphatic heterocycles. The lowest BCUT2D eigenvalue weighted by Crippen LogP contribution is -2.17. The molecule has 1 N–H and O–H groups in total. The molecule has 0 aromatic heterocycles. The van der Waals surface area contributed by atoms with E-state index in [9.17, 15) is 8.42 Å². The van der Waals surface area contributed by atoms with E-state index in [4.69, 9.17) is 0 Å². The van der Waals surface area contributed by atoms with Crippen molar-refractivity contribution in [1.82, 2.24) is 0 Å². The molecule has 3 nitrogen and oxygen atoms in total. The highest BCUT2D eigenvalue weighted by molar-refractivity contribution is 7.92. The smallest absolute Gasteiger partial charge is 0.232 e. The molecule has 1 aromatic carbocycles. The molecule has 17 heavy (non-hydrogen) atoms. The lowest BCUT2D eigenvalue weighted by atomic mass is 9.82. The largest absolute Gasteiger partial charge is 0.284 e. The molecule has 4 heteroatoms. The molecule has 0 bridgehead atoms. The predicted molar refractivity (Wildman–Crippen MR) is 72.8 cm³/mol. The van der Waals surface area contributed by atoms with E-state index >= 15 is 0 Å². The molecular formula is C13H21NO2S. The van der Waals surface area contributed by atoms with Gasteiger partial charge in [-0.25, -0.2) is 8.42 Å². The lowest BCUT2D eigenvalue weighted by Gasteiger charge is -2.24. The van der Waals surface area contributed by atoms with E-state index in [2.05, 4.69) is 25.5 Å². The average molecular weight is 255 g/mol. The molecule has 0 saturated heterocycles. The summed E-state index contributed by atoms with van der Waals surface area (Å²) in [7, 11) is -3.19. The maximum absolute atomic E-state index is 11.5. The first-order chi connectivity index (χ1) is 7.80. The highest BCUT2D eigenvalue weighted by Gasteiger charge is 2.18. The third-order valence-corrected chi connectivity index (χ3v) is 4.49. The SMILES string of the molecule is CCC(C)(C)c1cccc(NS(=O)(=O)CC)c1. The van der Waals surface area contributed by atoms with Gasteiger partial charge in [0.15, 0.2) is 0 Å². The van der Waals surface area contributed by atoms with Crippen LogP contribution in [0.25, 0.3) is 0 Å². The van der Waals surface area contributed by atoms with Crippen LogP contribution < -0.4 is 4.72 Å². The quantitative estimate of drug-likeness (QED) is 0.878.